The lowest BCUT2D eigenvalue weighted by Gasteiger charge is -1.97. The number of benzene rings is 1. The first-order valence-corrected chi connectivity index (χ1v) is 7.58. The van der Waals surface area contributed by atoms with Crippen LogP contribution in [-0.4, -0.2) is 14.7 Å². The van der Waals surface area contributed by atoms with Crippen molar-refractivity contribution < 1.29 is 8.42 Å². The summed E-state index contributed by atoms with van der Waals surface area (Å²) in [5.41, 5.74) is 1.22. The van der Waals surface area contributed by atoms with Crippen LogP contribution in [-0.2, 0) is 16.6 Å². The first kappa shape index (κ1) is 11.6. The van der Waals surface area contributed by atoms with Crippen LogP contribution in [0.25, 0.3) is 10.1 Å². The fraction of sp³-hybridized carbons (Fsp3) is 0.273. The van der Waals surface area contributed by atoms with Crippen LogP contribution in [0.15, 0.2) is 24.3 Å². The van der Waals surface area contributed by atoms with Gasteiger partial charge in [-0.3, -0.25) is 0 Å². The number of thiophene rings is 1. The van der Waals surface area contributed by atoms with Gasteiger partial charge in [0.25, 0.3) is 0 Å². The first-order valence-electron chi connectivity index (χ1n) is 4.88. The standard InChI is InChI=1S/C11H13NO2S2/c1-8-3-4-11-9(5-8)6-10(15-11)7-12-16(2,13)14/h3-6,12H,7H2,1-2H3. The van der Waals surface area contributed by atoms with Gasteiger partial charge < -0.3 is 0 Å². The molecule has 2 aromatic rings. The number of fused-ring (bicyclic) bond motifs is 1. The molecule has 0 fully saturated rings. The van der Waals surface area contributed by atoms with Gasteiger partial charge in [-0.2, -0.15) is 0 Å². The van der Waals surface area contributed by atoms with E-state index in [1.165, 1.54) is 21.9 Å². The lowest BCUT2D eigenvalue weighted by molar-refractivity contribution is 0.588. The molecule has 0 aliphatic heterocycles. The Balaban J connectivity index is 2.26. The molecule has 3 nitrogen and oxygen atoms in total. The molecular formula is C11H13NO2S2. The molecule has 16 heavy (non-hydrogen) atoms. The summed E-state index contributed by atoms with van der Waals surface area (Å²) >= 11 is 1.62. The third-order valence-corrected chi connectivity index (χ3v) is 4.02. The van der Waals surface area contributed by atoms with Gasteiger partial charge in [0.15, 0.2) is 0 Å². The Labute approximate surface area is 99.2 Å². The summed E-state index contributed by atoms with van der Waals surface area (Å²) < 4.78 is 25.6. The van der Waals surface area contributed by atoms with Crippen molar-refractivity contribution in [2.75, 3.05) is 6.26 Å². The average Bonchev–Trinajstić information content (AvgIpc) is 2.55. The number of sulfonamides is 1. The second-order valence-corrected chi connectivity index (χ2v) is 6.85. The monoisotopic (exact) mass is 255 g/mol. The summed E-state index contributed by atoms with van der Waals surface area (Å²) in [4.78, 5) is 1.03. The van der Waals surface area contributed by atoms with Gasteiger partial charge in [0.1, 0.15) is 0 Å². The van der Waals surface area contributed by atoms with E-state index in [1.807, 2.05) is 13.0 Å². The average molecular weight is 255 g/mol. The highest BCUT2D eigenvalue weighted by atomic mass is 32.2. The topological polar surface area (TPSA) is 46.2 Å². The summed E-state index contributed by atoms with van der Waals surface area (Å²) in [5, 5.41) is 1.18. The lowest BCUT2D eigenvalue weighted by atomic mass is 10.2. The number of aryl methyl sites for hydroxylation is 1. The van der Waals surface area contributed by atoms with E-state index in [0.717, 1.165) is 4.88 Å². The molecule has 1 aromatic carbocycles. The minimum absolute atomic E-state index is 0.372. The Kier molecular flexibility index (Phi) is 3.01. The van der Waals surface area contributed by atoms with Gasteiger partial charge in [-0.1, -0.05) is 17.7 Å². The van der Waals surface area contributed by atoms with E-state index in [9.17, 15) is 8.42 Å². The van der Waals surface area contributed by atoms with Crippen LogP contribution in [0, 0.1) is 6.92 Å². The summed E-state index contributed by atoms with van der Waals surface area (Å²) in [6, 6.07) is 8.27. The van der Waals surface area contributed by atoms with E-state index in [1.54, 1.807) is 11.3 Å². The Morgan fingerprint density at radius 2 is 2.06 bits per heavy atom. The minimum Gasteiger partial charge on any atom is -0.213 e. The molecule has 0 aliphatic rings. The molecule has 1 heterocycles. The highest BCUT2D eigenvalue weighted by molar-refractivity contribution is 7.88. The Morgan fingerprint density at radius 1 is 1.31 bits per heavy atom. The molecule has 0 unspecified atom stereocenters. The van der Waals surface area contributed by atoms with E-state index in [0.29, 0.717) is 6.54 Å². The smallest absolute Gasteiger partial charge is 0.209 e. The zero-order chi connectivity index (χ0) is 11.8. The molecule has 0 amide bonds. The maximum absolute atomic E-state index is 11.0. The lowest BCUT2D eigenvalue weighted by Crippen LogP contribution is -2.20. The normalized spacial score (nSPS) is 12.1. The minimum atomic E-state index is -3.11. The summed E-state index contributed by atoms with van der Waals surface area (Å²) in [6.07, 6.45) is 1.17. The highest BCUT2D eigenvalue weighted by Gasteiger charge is 2.05. The molecule has 0 aliphatic carbocycles. The largest absolute Gasteiger partial charge is 0.213 e. The van der Waals surface area contributed by atoms with Gasteiger partial charge in [0, 0.05) is 16.1 Å². The predicted molar refractivity (Wildman–Crippen MR) is 68.2 cm³/mol. The Hall–Kier alpha value is -0.910. The molecule has 2 rings (SSSR count). The molecule has 0 bridgehead atoms. The molecule has 0 saturated carbocycles. The van der Waals surface area contributed by atoms with Crippen molar-refractivity contribution in [3.63, 3.8) is 0 Å². The van der Waals surface area contributed by atoms with Crippen molar-refractivity contribution in [3.05, 3.63) is 34.7 Å². The van der Waals surface area contributed by atoms with Gasteiger partial charge >= 0.3 is 0 Å². The van der Waals surface area contributed by atoms with Crippen LogP contribution in [0.4, 0.5) is 0 Å². The SMILES string of the molecule is Cc1ccc2sc(CNS(C)(=O)=O)cc2c1. The van der Waals surface area contributed by atoms with Gasteiger partial charge in [-0.05, 0) is 24.4 Å². The van der Waals surface area contributed by atoms with Gasteiger partial charge in [0.2, 0.25) is 10.0 Å². The zero-order valence-electron chi connectivity index (χ0n) is 9.15. The molecule has 5 heteroatoms. The van der Waals surface area contributed by atoms with Crippen LogP contribution in [0.1, 0.15) is 10.4 Å². The van der Waals surface area contributed by atoms with Crippen molar-refractivity contribution in [1.82, 2.24) is 4.72 Å². The third kappa shape index (κ3) is 2.81. The number of hydrogen-bond donors (Lipinski definition) is 1. The highest BCUT2D eigenvalue weighted by Crippen LogP contribution is 2.26. The van der Waals surface area contributed by atoms with Crippen molar-refractivity contribution in [3.8, 4) is 0 Å². The maximum atomic E-state index is 11.0. The molecule has 0 spiro atoms. The summed E-state index contributed by atoms with van der Waals surface area (Å²) in [5.74, 6) is 0. The van der Waals surface area contributed by atoms with Crippen molar-refractivity contribution >= 4 is 31.4 Å². The molecule has 86 valence electrons. The van der Waals surface area contributed by atoms with Crippen molar-refractivity contribution in [2.45, 2.75) is 13.5 Å². The second kappa shape index (κ2) is 4.16. The molecule has 0 radical (unpaired) electrons. The Bertz CT molecular complexity index is 614. The fourth-order valence-electron chi connectivity index (χ4n) is 1.51. The summed E-state index contributed by atoms with van der Waals surface area (Å²) in [6.45, 7) is 2.42. The molecular weight excluding hydrogens is 242 g/mol. The predicted octanol–water partition coefficient (Wildman–Crippen LogP) is 2.26. The van der Waals surface area contributed by atoms with Gasteiger partial charge in [-0.15, -0.1) is 11.3 Å². The molecule has 0 atom stereocenters. The first-order chi connectivity index (χ1) is 7.44. The zero-order valence-corrected chi connectivity index (χ0v) is 10.8. The molecule has 1 aromatic heterocycles. The Morgan fingerprint density at radius 3 is 2.75 bits per heavy atom. The van der Waals surface area contributed by atoms with E-state index in [4.69, 9.17) is 0 Å². The number of hydrogen-bond acceptors (Lipinski definition) is 3. The molecule has 1 N–H and O–H groups in total. The number of nitrogens with one attached hydrogen (secondary N) is 1. The summed E-state index contributed by atoms with van der Waals surface area (Å²) in [7, 11) is -3.11. The maximum Gasteiger partial charge on any atom is 0.209 e. The van der Waals surface area contributed by atoms with Crippen LogP contribution < -0.4 is 4.72 Å². The quantitative estimate of drug-likeness (QED) is 0.914. The van der Waals surface area contributed by atoms with Crippen LogP contribution >= 0.6 is 11.3 Å². The van der Waals surface area contributed by atoms with Crippen LogP contribution in [0.5, 0.6) is 0 Å². The van der Waals surface area contributed by atoms with E-state index in [2.05, 4.69) is 22.9 Å². The third-order valence-electron chi connectivity index (χ3n) is 2.23. The van der Waals surface area contributed by atoms with Crippen molar-refractivity contribution in [2.24, 2.45) is 0 Å². The van der Waals surface area contributed by atoms with Gasteiger partial charge in [-0.25, -0.2) is 13.1 Å². The fourth-order valence-corrected chi connectivity index (χ4v) is 3.00. The van der Waals surface area contributed by atoms with Crippen molar-refractivity contribution in [1.29, 1.82) is 0 Å². The molecule has 0 saturated heterocycles. The van der Waals surface area contributed by atoms with Crippen LogP contribution in [0.2, 0.25) is 0 Å². The van der Waals surface area contributed by atoms with E-state index < -0.39 is 10.0 Å². The van der Waals surface area contributed by atoms with E-state index >= 15 is 0 Å². The second-order valence-electron chi connectivity index (χ2n) is 3.85. The van der Waals surface area contributed by atoms with Crippen LogP contribution in [0.3, 0.4) is 0 Å². The van der Waals surface area contributed by atoms with E-state index in [-0.39, 0.29) is 0 Å². The number of rotatable bonds is 3. The van der Waals surface area contributed by atoms with Gasteiger partial charge in [0.05, 0.1) is 6.26 Å².